The molecular formula is C5H6N3O. The molecule has 0 bridgehead atoms. The second-order valence-electron chi connectivity index (χ2n) is 1.68. The van der Waals surface area contributed by atoms with Crippen LogP contribution in [-0.2, 0) is 5.11 Å². The maximum atomic E-state index is 10.5. The number of hydrogen-bond acceptors (Lipinski definition) is 3. The number of nitrogen functional groups attached to an aromatic ring is 1. The zero-order valence-corrected chi connectivity index (χ0v) is 4.96. The standard InChI is InChI=1S/C5H6N3O/c1-3-7-4(6)2-5(9)8-3/h2H,1H3,(H2,6,7,8). The van der Waals surface area contributed by atoms with Gasteiger partial charge in [0.25, 0.3) is 5.88 Å². The van der Waals surface area contributed by atoms with Crippen molar-refractivity contribution in [2.75, 3.05) is 5.73 Å². The molecule has 1 aromatic rings. The fourth-order valence-corrected chi connectivity index (χ4v) is 0.562. The molecule has 0 saturated carbocycles. The molecule has 1 rings (SSSR count). The van der Waals surface area contributed by atoms with Gasteiger partial charge >= 0.3 is 0 Å². The van der Waals surface area contributed by atoms with E-state index in [1.165, 1.54) is 6.07 Å². The Hall–Kier alpha value is -1.32. The van der Waals surface area contributed by atoms with Crippen LogP contribution in [-0.4, -0.2) is 9.97 Å². The van der Waals surface area contributed by atoms with Crippen molar-refractivity contribution in [2.45, 2.75) is 6.92 Å². The van der Waals surface area contributed by atoms with Gasteiger partial charge < -0.3 is 5.73 Å². The summed E-state index contributed by atoms with van der Waals surface area (Å²) in [7, 11) is 0. The largest absolute Gasteiger partial charge is 0.383 e. The van der Waals surface area contributed by atoms with Crippen molar-refractivity contribution in [3.05, 3.63) is 11.9 Å². The Balaban J connectivity index is 3.17. The number of nitrogens with two attached hydrogens (primary N) is 1. The van der Waals surface area contributed by atoms with Gasteiger partial charge in [0, 0.05) is 6.07 Å². The van der Waals surface area contributed by atoms with Crippen molar-refractivity contribution in [1.29, 1.82) is 0 Å². The molecule has 47 valence electrons. The van der Waals surface area contributed by atoms with Crippen LogP contribution >= 0.6 is 0 Å². The average Bonchev–Trinajstić information content (AvgIpc) is 1.59. The van der Waals surface area contributed by atoms with Gasteiger partial charge in [-0.15, -0.1) is 0 Å². The van der Waals surface area contributed by atoms with Gasteiger partial charge in [-0.25, -0.2) is 4.98 Å². The molecule has 1 heterocycles. The second-order valence-corrected chi connectivity index (χ2v) is 1.68. The zero-order valence-electron chi connectivity index (χ0n) is 4.96. The van der Waals surface area contributed by atoms with Gasteiger partial charge in [-0.1, -0.05) is 0 Å². The monoisotopic (exact) mass is 124 g/mol. The fourth-order valence-electron chi connectivity index (χ4n) is 0.562. The Labute approximate surface area is 52.4 Å². The Bertz CT molecular complexity index is 173. The maximum Gasteiger partial charge on any atom is 0.275 e. The molecule has 9 heavy (non-hydrogen) atoms. The first-order valence-electron chi connectivity index (χ1n) is 2.46. The summed E-state index contributed by atoms with van der Waals surface area (Å²) >= 11 is 0. The summed E-state index contributed by atoms with van der Waals surface area (Å²) in [6.07, 6.45) is 0. The second kappa shape index (κ2) is 1.89. The van der Waals surface area contributed by atoms with Crippen molar-refractivity contribution in [2.24, 2.45) is 0 Å². The summed E-state index contributed by atoms with van der Waals surface area (Å²) in [5.41, 5.74) is 5.21. The molecule has 0 saturated heterocycles. The van der Waals surface area contributed by atoms with E-state index in [-0.39, 0.29) is 11.7 Å². The lowest BCUT2D eigenvalue weighted by molar-refractivity contribution is 0.336. The van der Waals surface area contributed by atoms with Gasteiger partial charge in [0.2, 0.25) is 0 Å². The number of rotatable bonds is 0. The maximum absolute atomic E-state index is 10.5. The van der Waals surface area contributed by atoms with Gasteiger partial charge in [-0.3, -0.25) is 5.11 Å². The molecular weight excluding hydrogens is 118 g/mol. The Morgan fingerprint density at radius 3 is 2.67 bits per heavy atom. The van der Waals surface area contributed by atoms with Crippen molar-refractivity contribution in [1.82, 2.24) is 9.97 Å². The summed E-state index contributed by atoms with van der Waals surface area (Å²) in [6.45, 7) is 1.62. The third kappa shape index (κ3) is 1.28. The predicted octanol–water partition coefficient (Wildman–Crippen LogP) is 0.511. The molecule has 4 nitrogen and oxygen atoms in total. The van der Waals surface area contributed by atoms with Crippen LogP contribution in [0.15, 0.2) is 6.07 Å². The quantitative estimate of drug-likeness (QED) is 0.547. The minimum absolute atomic E-state index is 0.229. The molecule has 0 fully saturated rings. The Kier molecular flexibility index (Phi) is 1.22. The molecule has 0 aliphatic carbocycles. The van der Waals surface area contributed by atoms with Crippen LogP contribution in [0.5, 0.6) is 5.88 Å². The van der Waals surface area contributed by atoms with E-state index in [2.05, 4.69) is 9.97 Å². The molecule has 0 unspecified atom stereocenters. The first kappa shape index (κ1) is 5.81. The molecule has 1 radical (unpaired) electrons. The van der Waals surface area contributed by atoms with E-state index in [4.69, 9.17) is 5.73 Å². The van der Waals surface area contributed by atoms with Crippen LogP contribution in [0.25, 0.3) is 0 Å². The normalized spacial score (nSPS) is 9.44. The number of nitrogens with zero attached hydrogens (tertiary/aromatic N) is 2. The molecule has 0 spiro atoms. The highest BCUT2D eigenvalue weighted by Gasteiger charge is 1.95. The van der Waals surface area contributed by atoms with E-state index < -0.39 is 0 Å². The van der Waals surface area contributed by atoms with Crippen molar-refractivity contribution in [3.63, 3.8) is 0 Å². The van der Waals surface area contributed by atoms with Gasteiger partial charge in [0.15, 0.2) is 0 Å². The summed E-state index contributed by atoms with van der Waals surface area (Å²) in [5, 5.41) is 10.5. The van der Waals surface area contributed by atoms with Crippen LogP contribution in [0.1, 0.15) is 5.82 Å². The zero-order chi connectivity index (χ0) is 6.85. The first-order chi connectivity index (χ1) is 4.18. The lowest BCUT2D eigenvalue weighted by Crippen LogP contribution is -1.93. The van der Waals surface area contributed by atoms with Crippen molar-refractivity contribution < 1.29 is 5.11 Å². The highest BCUT2D eigenvalue weighted by molar-refractivity contribution is 5.31. The molecule has 1 aromatic heterocycles. The highest BCUT2D eigenvalue weighted by Crippen LogP contribution is 2.07. The van der Waals surface area contributed by atoms with Crippen LogP contribution in [0.2, 0.25) is 0 Å². The first-order valence-corrected chi connectivity index (χ1v) is 2.46. The Morgan fingerprint density at radius 1 is 1.56 bits per heavy atom. The van der Waals surface area contributed by atoms with E-state index in [9.17, 15) is 5.11 Å². The molecule has 4 heteroatoms. The fraction of sp³-hybridized carbons (Fsp3) is 0.200. The van der Waals surface area contributed by atoms with Gasteiger partial charge in [-0.05, 0) is 6.92 Å². The topological polar surface area (TPSA) is 71.7 Å². The third-order valence-corrected chi connectivity index (χ3v) is 0.834. The lowest BCUT2D eigenvalue weighted by Gasteiger charge is -1.91. The molecule has 0 aromatic carbocycles. The number of aromatic nitrogens is 2. The minimum atomic E-state index is -0.333. The summed E-state index contributed by atoms with van der Waals surface area (Å²) in [4.78, 5) is 7.19. The number of aryl methyl sites for hydroxylation is 1. The summed E-state index contributed by atoms with van der Waals surface area (Å²) < 4.78 is 0. The van der Waals surface area contributed by atoms with Crippen LogP contribution in [0.3, 0.4) is 0 Å². The number of hydrogen-bond donors (Lipinski definition) is 1. The Morgan fingerprint density at radius 2 is 2.22 bits per heavy atom. The molecule has 0 amide bonds. The summed E-state index contributed by atoms with van der Waals surface area (Å²) in [5.74, 6) is 0.313. The SMILES string of the molecule is Cc1nc(N)cc([O])n1. The van der Waals surface area contributed by atoms with Gasteiger partial charge in [-0.2, -0.15) is 4.98 Å². The van der Waals surface area contributed by atoms with E-state index in [1.807, 2.05) is 0 Å². The smallest absolute Gasteiger partial charge is 0.275 e. The highest BCUT2D eigenvalue weighted by atomic mass is 16.3. The predicted molar refractivity (Wildman–Crippen MR) is 31.3 cm³/mol. The minimum Gasteiger partial charge on any atom is -0.383 e. The van der Waals surface area contributed by atoms with Crippen LogP contribution in [0.4, 0.5) is 5.82 Å². The third-order valence-electron chi connectivity index (χ3n) is 0.834. The molecule has 0 aliphatic heterocycles. The molecule has 0 atom stereocenters. The van der Waals surface area contributed by atoms with Gasteiger partial charge in [0.1, 0.15) is 11.6 Å². The van der Waals surface area contributed by atoms with E-state index >= 15 is 0 Å². The molecule has 2 N–H and O–H groups in total. The summed E-state index contributed by atoms with van der Waals surface area (Å²) in [6, 6.07) is 1.19. The number of anilines is 1. The van der Waals surface area contributed by atoms with Gasteiger partial charge in [0.05, 0.1) is 0 Å². The molecule has 0 aliphatic rings. The van der Waals surface area contributed by atoms with Crippen molar-refractivity contribution in [3.8, 4) is 5.88 Å². The van der Waals surface area contributed by atoms with E-state index in [0.717, 1.165) is 0 Å². The van der Waals surface area contributed by atoms with E-state index in [1.54, 1.807) is 6.92 Å². The van der Waals surface area contributed by atoms with Crippen LogP contribution < -0.4 is 5.73 Å². The van der Waals surface area contributed by atoms with E-state index in [0.29, 0.717) is 5.82 Å². The lowest BCUT2D eigenvalue weighted by atomic mass is 10.5. The van der Waals surface area contributed by atoms with Crippen molar-refractivity contribution >= 4 is 5.82 Å². The average molecular weight is 124 g/mol. The van der Waals surface area contributed by atoms with Crippen LogP contribution in [0, 0.1) is 6.92 Å².